The molecule has 5 nitrogen and oxygen atoms in total. The fraction of sp³-hybridized carbons (Fsp3) is 0.263. The standard InChI is InChI=1S/C19H21N3O2S3/c1-3-4-15-7-9-16(10-8-15)13-25-19-21-20-18(26-19)22-27(23,24)17-11-5-14(2)6-12-17/h3-9,11-12,16H,10,13H2,1-2H3,(H,20,22)/b4-3+/t16-/m0/s1. The Labute approximate surface area is 168 Å². The van der Waals surface area contributed by atoms with E-state index in [9.17, 15) is 8.42 Å². The maximum absolute atomic E-state index is 12.4. The molecule has 3 rings (SSSR count). The van der Waals surface area contributed by atoms with Gasteiger partial charge in [-0.15, -0.1) is 10.2 Å². The maximum Gasteiger partial charge on any atom is 0.263 e. The number of sulfonamides is 1. The van der Waals surface area contributed by atoms with Gasteiger partial charge in [-0.1, -0.05) is 71.2 Å². The van der Waals surface area contributed by atoms with Crippen molar-refractivity contribution in [3.63, 3.8) is 0 Å². The monoisotopic (exact) mass is 419 g/mol. The van der Waals surface area contributed by atoms with Crippen LogP contribution >= 0.6 is 23.1 Å². The largest absolute Gasteiger partial charge is 0.263 e. The van der Waals surface area contributed by atoms with Crippen molar-refractivity contribution in [3.8, 4) is 0 Å². The molecule has 0 amide bonds. The highest BCUT2D eigenvalue weighted by Gasteiger charge is 2.17. The van der Waals surface area contributed by atoms with E-state index < -0.39 is 10.0 Å². The molecular formula is C19H21N3O2S3. The number of aromatic nitrogens is 2. The molecule has 0 unspecified atom stereocenters. The van der Waals surface area contributed by atoms with Crippen LogP contribution in [0.2, 0.25) is 0 Å². The molecule has 8 heteroatoms. The predicted octanol–water partition coefficient (Wildman–Crippen LogP) is 4.82. The van der Waals surface area contributed by atoms with Gasteiger partial charge in [-0.25, -0.2) is 8.42 Å². The molecule has 1 heterocycles. The normalized spacial score (nSPS) is 17.3. The van der Waals surface area contributed by atoms with Gasteiger partial charge >= 0.3 is 0 Å². The molecule has 27 heavy (non-hydrogen) atoms. The number of aryl methyl sites for hydroxylation is 1. The van der Waals surface area contributed by atoms with Gasteiger partial charge in [0.05, 0.1) is 4.90 Å². The van der Waals surface area contributed by atoms with Gasteiger partial charge in [0, 0.05) is 5.75 Å². The van der Waals surface area contributed by atoms with Gasteiger partial charge < -0.3 is 0 Å². The van der Waals surface area contributed by atoms with Gasteiger partial charge in [-0.3, -0.25) is 4.72 Å². The molecule has 1 atom stereocenters. The van der Waals surface area contributed by atoms with Crippen LogP contribution < -0.4 is 4.72 Å². The second-order valence-electron chi connectivity index (χ2n) is 6.16. The third kappa shape index (κ3) is 5.54. The first kappa shape index (κ1) is 19.9. The fourth-order valence-electron chi connectivity index (χ4n) is 2.50. The third-order valence-corrected chi connectivity index (χ3v) is 7.60. The third-order valence-electron chi connectivity index (χ3n) is 3.96. The summed E-state index contributed by atoms with van der Waals surface area (Å²) in [4.78, 5) is 0.216. The van der Waals surface area contributed by atoms with E-state index in [0.717, 1.165) is 22.1 Å². The van der Waals surface area contributed by atoms with Gasteiger partial charge in [-0.05, 0) is 43.9 Å². The lowest BCUT2D eigenvalue weighted by atomic mass is 9.98. The molecule has 1 aromatic heterocycles. The molecule has 1 aliphatic carbocycles. The summed E-state index contributed by atoms with van der Waals surface area (Å²) in [5.74, 6) is 1.33. The maximum atomic E-state index is 12.4. The molecule has 0 saturated carbocycles. The lowest BCUT2D eigenvalue weighted by molar-refractivity contribution is 0.601. The van der Waals surface area contributed by atoms with Crippen LogP contribution in [-0.2, 0) is 10.0 Å². The highest BCUT2D eigenvalue weighted by Crippen LogP contribution is 2.30. The smallest absolute Gasteiger partial charge is 0.253 e. The lowest BCUT2D eigenvalue weighted by Gasteiger charge is -2.13. The second kappa shape index (κ2) is 8.86. The number of nitrogens with one attached hydrogen (secondary N) is 1. The average Bonchev–Trinajstić information content (AvgIpc) is 3.08. The van der Waals surface area contributed by atoms with Gasteiger partial charge in [-0.2, -0.15) is 0 Å². The van der Waals surface area contributed by atoms with E-state index in [4.69, 9.17) is 0 Å². The molecule has 0 spiro atoms. The minimum Gasteiger partial charge on any atom is -0.253 e. The van der Waals surface area contributed by atoms with Gasteiger partial charge in [0.15, 0.2) is 4.34 Å². The van der Waals surface area contributed by atoms with Crippen molar-refractivity contribution < 1.29 is 8.42 Å². The number of allylic oxidation sites excluding steroid dienone is 6. The Hall–Kier alpha value is -1.90. The zero-order valence-electron chi connectivity index (χ0n) is 15.1. The van der Waals surface area contributed by atoms with Crippen LogP contribution in [0.1, 0.15) is 18.9 Å². The number of hydrogen-bond donors (Lipinski definition) is 1. The molecular weight excluding hydrogens is 398 g/mol. The summed E-state index contributed by atoms with van der Waals surface area (Å²) in [5.41, 5.74) is 2.25. The number of benzene rings is 1. The Kier molecular flexibility index (Phi) is 6.51. The van der Waals surface area contributed by atoms with E-state index >= 15 is 0 Å². The van der Waals surface area contributed by atoms with Crippen molar-refractivity contribution in [2.24, 2.45) is 5.92 Å². The zero-order valence-corrected chi connectivity index (χ0v) is 17.6. The Bertz CT molecular complexity index is 974. The van der Waals surface area contributed by atoms with Crippen molar-refractivity contribution in [1.29, 1.82) is 0 Å². The number of thioether (sulfide) groups is 1. The molecule has 142 valence electrons. The average molecular weight is 420 g/mol. The summed E-state index contributed by atoms with van der Waals surface area (Å²) < 4.78 is 28.1. The SMILES string of the molecule is C/C=C/C1=CC[C@@H](CSc2nnc(NS(=O)(=O)c3ccc(C)cc3)s2)C=C1. The molecule has 0 fully saturated rings. The van der Waals surface area contributed by atoms with E-state index in [-0.39, 0.29) is 10.0 Å². The van der Waals surface area contributed by atoms with Gasteiger partial charge in [0.25, 0.3) is 10.0 Å². The first-order valence-electron chi connectivity index (χ1n) is 8.53. The molecule has 0 bridgehead atoms. The summed E-state index contributed by atoms with van der Waals surface area (Å²) >= 11 is 2.85. The van der Waals surface area contributed by atoms with Crippen molar-refractivity contribution in [1.82, 2.24) is 10.2 Å². The van der Waals surface area contributed by atoms with Crippen molar-refractivity contribution in [2.45, 2.75) is 29.5 Å². The Morgan fingerprint density at radius 3 is 2.74 bits per heavy atom. The second-order valence-corrected chi connectivity index (χ2v) is 10.1. The fourth-order valence-corrected chi connectivity index (χ4v) is 5.59. The Morgan fingerprint density at radius 1 is 1.30 bits per heavy atom. The first-order chi connectivity index (χ1) is 13.0. The molecule has 1 aromatic carbocycles. The van der Waals surface area contributed by atoms with Crippen LogP contribution in [0.4, 0.5) is 5.13 Å². The van der Waals surface area contributed by atoms with E-state index in [1.54, 1.807) is 36.0 Å². The van der Waals surface area contributed by atoms with Crippen LogP contribution in [0.3, 0.4) is 0 Å². The molecule has 0 aliphatic heterocycles. The summed E-state index contributed by atoms with van der Waals surface area (Å²) in [6.07, 6.45) is 11.7. The van der Waals surface area contributed by atoms with Crippen molar-refractivity contribution >= 4 is 38.3 Å². The van der Waals surface area contributed by atoms with Crippen molar-refractivity contribution in [2.75, 3.05) is 10.5 Å². The number of nitrogens with zero attached hydrogens (tertiary/aromatic N) is 2. The lowest BCUT2D eigenvalue weighted by Crippen LogP contribution is -2.12. The van der Waals surface area contributed by atoms with Crippen LogP contribution in [0.5, 0.6) is 0 Å². The summed E-state index contributed by atoms with van der Waals surface area (Å²) in [6.45, 7) is 3.92. The van der Waals surface area contributed by atoms with Crippen molar-refractivity contribution in [3.05, 3.63) is 65.8 Å². The Balaban J connectivity index is 1.56. The number of hydrogen-bond acceptors (Lipinski definition) is 6. The zero-order chi connectivity index (χ0) is 19.3. The van der Waals surface area contributed by atoms with E-state index in [1.165, 1.54) is 16.9 Å². The minimum absolute atomic E-state index is 0.216. The predicted molar refractivity (Wildman–Crippen MR) is 113 cm³/mol. The first-order valence-corrected chi connectivity index (χ1v) is 11.8. The molecule has 0 saturated heterocycles. The van der Waals surface area contributed by atoms with E-state index in [2.05, 4.69) is 39.2 Å². The quantitative estimate of drug-likeness (QED) is 0.652. The number of anilines is 1. The molecule has 1 aliphatic rings. The Morgan fingerprint density at radius 2 is 2.07 bits per heavy atom. The molecule has 1 N–H and O–H groups in total. The molecule has 0 radical (unpaired) electrons. The summed E-state index contributed by atoms with van der Waals surface area (Å²) in [5, 5.41) is 8.34. The number of rotatable bonds is 7. The van der Waals surface area contributed by atoms with E-state index in [0.29, 0.717) is 5.92 Å². The van der Waals surface area contributed by atoms with Crippen LogP contribution in [0, 0.1) is 12.8 Å². The van der Waals surface area contributed by atoms with Crippen LogP contribution in [0.25, 0.3) is 0 Å². The topological polar surface area (TPSA) is 72.0 Å². The highest BCUT2D eigenvalue weighted by atomic mass is 32.2. The van der Waals surface area contributed by atoms with Gasteiger partial charge in [0.1, 0.15) is 0 Å². The summed E-state index contributed by atoms with van der Waals surface area (Å²) in [6, 6.07) is 6.70. The summed E-state index contributed by atoms with van der Waals surface area (Å²) in [7, 11) is -3.64. The highest BCUT2D eigenvalue weighted by molar-refractivity contribution is 8.01. The van der Waals surface area contributed by atoms with Gasteiger partial charge in [0.2, 0.25) is 5.13 Å². The molecule has 2 aromatic rings. The van der Waals surface area contributed by atoms with Crippen LogP contribution in [-0.4, -0.2) is 24.4 Å². The van der Waals surface area contributed by atoms with E-state index in [1.807, 2.05) is 19.9 Å². The van der Waals surface area contributed by atoms with Crippen LogP contribution in [0.15, 0.2) is 69.5 Å². The minimum atomic E-state index is -3.64.